The van der Waals surface area contributed by atoms with Crippen molar-refractivity contribution in [2.75, 3.05) is 24.5 Å². The van der Waals surface area contributed by atoms with E-state index in [4.69, 9.17) is 29.0 Å². The molecule has 2 aliphatic rings. The SMILES string of the molecule is C[C@H]1C[C@H](OC2CCN(c3ccc4c(-c5ccc(OCc6ccccc6)nc5OCc5ccccc5)nn(C)c4c3)CC2)CCN1C(=O)OC(C)(C)C. The Morgan fingerprint density at radius 3 is 2.13 bits per heavy atom. The van der Waals surface area contributed by atoms with Crippen LogP contribution in [-0.4, -0.2) is 69.2 Å². The minimum absolute atomic E-state index is 0.0902. The van der Waals surface area contributed by atoms with Crippen molar-refractivity contribution in [3.8, 4) is 23.0 Å². The van der Waals surface area contributed by atoms with Crippen molar-refractivity contribution in [3.63, 3.8) is 0 Å². The summed E-state index contributed by atoms with van der Waals surface area (Å²) < 4.78 is 26.6. The lowest BCUT2D eigenvalue weighted by Crippen LogP contribution is -2.49. The van der Waals surface area contributed by atoms with E-state index < -0.39 is 5.60 Å². The second kappa shape index (κ2) is 15.9. The average Bonchev–Trinajstić information content (AvgIpc) is 3.48. The Hall–Kier alpha value is -5.09. The maximum atomic E-state index is 12.7. The van der Waals surface area contributed by atoms with Gasteiger partial charge < -0.3 is 28.7 Å². The number of benzene rings is 3. The van der Waals surface area contributed by atoms with Crippen LogP contribution in [0.5, 0.6) is 11.8 Å². The number of aromatic nitrogens is 3. The van der Waals surface area contributed by atoms with Crippen LogP contribution in [-0.2, 0) is 29.7 Å². The Morgan fingerprint density at radius 1 is 0.811 bits per heavy atom. The number of pyridine rings is 1. The quantitative estimate of drug-likeness (QED) is 0.142. The molecular formula is C43H51N5O5. The summed E-state index contributed by atoms with van der Waals surface area (Å²) >= 11 is 0. The van der Waals surface area contributed by atoms with Crippen LogP contribution in [0.1, 0.15) is 64.5 Å². The van der Waals surface area contributed by atoms with Crippen LogP contribution in [0.15, 0.2) is 91.0 Å². The first kappa shape index (κ1) is 36.3. The fourth-order valence-corrected chi connectivity index (χ4v) is 7.26. The predicted octanol–water partition coefficient (Wildman–Crippen LogP) is 8.57. The number of ether oxygens (including phenoxy) is 4. The molecule has 2 fully saturated rings. The zero-order valence-corrected chi connectivity index (χ0v) is 31.5. The number of nitrogens with zero attached hydrogens (tertiary/aromatic N) is 5. The van der Waals surface area contributed by atoms with Crippen molar-refractivity contribution >= 4 is 22.7 Å². The Bertz CT molecular complexity index is 1990. The summed E-state index contributed by atoms with van der Waals surface area (Å²) in [4.78, 5) is 21.8. The van der Waals surface area contributed by atoms with Crippen molar-refractivity contribution in [1.29, 1.82) is 0 Å². The summed E-state index contributed by atoms with van der Waals surface area (Å²) in [7, 11) is 1.99. The van der Waals surface area contributed by atoms with Gasteiger partial charge in [0.25, 0.3) is 0 Å². The lowest BCUT2D eigenvalue weighted by atomic mass is 9.99. The number of fused-ring (bicyclic) bond motifs is 1. The van der Waals surface area contributed by atoms with Crippen LogP contribution in [0.25, 0.3) is 22.2 Å². The minimum Gasteiger partial charge on any atom is -0.473 e. The molecule has 0 spiro atoms. The number of anilines is 1. The highest BCUT2D eigenvalue weighted by molar-refractivity contribution is 5.96. The van der Waals surface area contributed by atoms with Crippen LogP contribution in [0.4, 0.5) is 10.5 Å². The van der Waals surface area contributed by atoms with Gasteiger partial charge in [0.05, 0.1) is 23.3 Å². The highest BCUT2D eigenvalue weighted by Crippen LogP contribution is 2.37. The average molecular weight is 718 g/mol. The molecule has 0 saturated carbocycles. The first-order chi connectivity index (χ1) is 25.6. The molecule has 0 N–H and O–H groups in total. The largest absolute Gasteiger partial charge is 0.473 e. The topological polar surface area (TPSA) is 91.2 Å². The number of aryl methyl sites for hydroxylation is 1. The summed E-state index contributed by atoms with van der Waals surface area (Å²) in [5.41, 5.74) is 5.48. The van der Waals surface area contributed by atoms with Crippen molar-refractivity contribution in [2.24, 2.45) is 7.05 Å². The summed E-state index contributed by atoms with van der Waals surface area (Å²) in [6.45, 7) is 11.1. The second-order valence-corrected chi connectivity index (χ2v) is 15.2. The standard InChI is InChI=1S/C43H51N5O5/c1-30-26-35(22-25-48(30)42(49)53-43(2,3)4)52-34-20-23-47(24-21-34)33-16-17-36-38(27-33)46(5)45-40(36)37-18-19-39(50-28-31-12-8-6-9-13-31)44-41(37)51-29-32-14-10-7-11-15-32/h6-19,27,30,34-35H,20-26,28-29H2,1-5H3/t30-,35+/m0/s1. The number of amides is 1. The lowest BCUT2D eigenvalue weighted by molar-refractivity contribution is -0.0651. The predicted molar refractivity (Wildman–Crippen MR) is 207 cm³/mol. The number of carbonyl (C=O) groups is 1. The number of carbonyl (C=O) groups excluding carboxylic acids is 1. The van der Waals surface area contributed by atoms with Crippen molar-refractivity contribution < 1.29 is 23.7 Å². The summed E-state index contributed by atoms with van der Waals surface area (Å²) in [5.74, 6) is 0.979. The summed E-state index contributed by atoms with van der Waals surface area (Å²) in [6, 6.07) is 30.7. The molecule has 0 aliphatic carbocycles. The summed E-state index contributed by atoms with van der Waals surface area (Å²) in [5, 5.41) is 6.02. The molecule has 53 heavy (non-hydrogen) atoms. The van der Waals surface area contributed by atoms with E-state index in [2.05, 4.69) is 30.0 Å². The third-order valence-corrected chi connectivity index (χ3v) is 10.0. The van der Waals surface area contributed by atoms with E-state index in [1.54, 1.807) is 0 Å². The smallest absolute Gasteiger partial charge is 0.410 e. The van der Waals surface area contributed by atoms with Crippen LogP contribution < -0.4 is 14.4 Å². The fourth-order valence-electron chi connectivity index (χ4n) is 7.26. The molecule has 1 amide bonds. The molecule has 10 heteroatoms. The first-order valence-electron chi connectivity index (χ1n) is 18.8. The van der Waals surface area contributed by atoms with Gasteiger partial charge >= 0.3 is 6.09 Å². The van der Waals surface area contributed by atoms with E-state index in [-0.39, 0.29) is 24.3 Å². The third-order valence-electron chi connectivity index (χ3n) is 10.0. The normalized spacial score (nSPS) is 18.3. The number of hydrogen-bond donors (Lipinski definition) is 0. The molecular weight excluding hydrogens is 667 g/mol. The Morgan fingerprint density at radius 2 is 1.47 bits per heavy atom. The molecule has 0 bridgehead atoms. The van der Waals surface area contributed by atoms with Gasteiger partial charge in [0.15, 0.2) is 0 Å². The lowest BCUT2D eigenvalue weighted by Gasteiger charge is -2.40. The molecule has 2 aliphatic heterocycles. The molecule has 10 nitrogen and oxygen atoms in total. The van der Waals surface area contributed by atoms with Crippen molar-refractivity contribution in [3.05, 3.63) is 102 Å². The van der Waals surface area contributed by atoms with Gasteiger partial charge in [-0.3, -0.25) is 4.68 Å². The summed E-state index contributed by atoms with van der Waals surface area (Å²) in [6.07, 6.45) is 3.72. The molecule has 2 atom stereocenters. The maximum Gasteiger partial charge on any atom is 0.410 e. The van der Waals surface area contributed by atoms with Crippen molar-refractivity contribution in [2.45, 2.75) is 90.4 Å². The molecule has 0 unspecified atom stereocenters. The van der Waals surface area contributed by atoms with E-state index in [0.717, 1.165) is 72.1 Å². The zero-order valence-electron chi connectivity index (χ0n) is 31.5. The molecule has 4 heterocycles. The van der Waals surface area contributed by atoms with Crippen LogP contribution >= 0.6 is 0 Å². The van der Waals surface area contributed by atoms with Gasteiger partial charge in [0.2, 0.25) is 11.8 Å². The van der Waals surface area contributed by atoms with Crippen LogP contribution in [0, 0.1) is 0 Å². The minimum atomic E-state index is -0.495. The van der Waals surface area contributed by atoms with Crippen LogP contribution in [0.2, 0.25) is 0 Å². The second-order valence-electron chi connectivity index (χ2n) is 15.2. The fraction of sp³-hybridized carbons (Fsp3) is 0.419. The molecule has 278 valence electrons. The van der Waals surface area contributed by atoms with E-state index in [1.165, 1.54) is 5.69 Å². The maximum absolute atomic E-state index is 12.7. The van der Waals surface area contributed by atoms with Gasteiger partial charge in [0, 0.05) is 49.9 Å². The molecule has 2 aromatic heterocycles. The van der Waals surface area contributed by atoms with Gasteiger partial charge in [-0.25, -0.2) is 4.79 Å². The van der Waals surface area contributed by atoms with E-state index in [0.29, 0.717) is 31.5 Å². The number of likely N-dealkylation sites (tertiary alicyclic amines) is 1. The van der Waals surface area contributed by atoms with Gasteiger partial charge in [0.1, 0.15) is 24.5 Å². The number of hydrogen-bond acceptors (Lipinski definition) is 8. The van der Waals surface area contributed by atoms with Gasteiger partial charge in [-0.05, 0) is 88.8 Å². The highest BCUT2D eigenvalue weighted by atomic mass is 16.6. The van der Waals surface area contributed by atoms with Crippen LogP contribution in [0.3, 0.4) is 0 Å². The van der Waals surface area contributed by atoms with E-state index in [9.17, 15) is 4.79 Å². The highest BCUT2D eigenvalue weighted by Gasteiger charge is 2.34. The van der Waals surface area contributed by atoms with E-state index >= 15 is 0 Å². The van der Waals surface area contributed by atoms with Gasteiger partial charge in [-0.1, -0.05) is 60.7 Å². The third kappa shape index (κ3) is 8.93. The Labute approximate surface area is 312 Å². The Kier molecular flexibility index (Phi) is 10.9. The molecule has 3 aromatic carbocycles. The zero-order chi connectivity index (χ0) is 37.0. The number of rotatable bonds is 10. The monoisotopic (exact) mass is 717 g/mol. The van der Waals surface area contributed by atoms with E-state index in [1.807, 2.05) is 110 Å². The Balaban J connectivity index is 1.02. The van der Waals surface area contributed by atoms with Gasteiger partial charge in [-0.2, -0.15) is 10.1 Å². The first-order valence-corrected chi connectivity index (χ1v) is 18.8. The molecule has 0 radical (unpaired) electrons. The van der Waals surface area contributed by atoms with Crippen molar-refractivity contribution in [1.82, 2.24) is 19.7 Å². The molecule has 5 aromatic rings. The van der Waals surface area contributed by atoms with Gasteiger partial charge in [-0.15, -0.1) is 0 Å². The molecule has 7 rings (SSSR count). The number of piperidine rings is 2. The molecule has 2 saturated heterocycles.